The van der Waals surface area contributed by atoms with E-state index in [9.17, 15) is 4.79 Å². The third kappa shape index (κ3) is 4.36. The molecule has 0 radical (unpaired) electrons. The monoisotopic (exact) mass is 291 g/mol. The van der Waals surface area contributed by atoms with Crippen molar-refractivity contribution in [2.45, 2.75) is 19.3 Å². The molecule has 0 saturated carbocycles. The standard InChI is InChI=1S/C16H25N3O2/c1-18(2)16(20)13-6-7-14(17)15(12-13)21-11-10-19-8-4-3-5-9-19/h6-7,12H,3-5,8-11,17H2,1-2H3. The van der Waals surface area contributed by atoms with Gasteiger partial charge in [-0.2, -0.15) is 0 Å². The lowest BCUT2D eigenvalue weighted by atomic mass is 10.1. The number of nitrogens with two attached hydrogens (primary N) is 1. The number of piperidine rings is 1. The van der Waals surface area contributed by atoms with Crippen LogP contribution < -0.4 is 10.5 Å². The lowest BCUT2D eigenvalue weighted by molar-refractivity contribution is 0.0827. The number of carbonyl (C=O) groups excluding carboxylic acids is 1. The first-order valence-corrected chi connectivity index (χ1v) is 7.54. The Morgan fingerprint density at radius 3 is 2.67 bits per heavy atom. The van der Waals surface area contributed by atoms with Gasteiger partial charge < -0.3 is 15.4 Å². The second kappa shape index (κ2) is 7.31. The van der Waals surface area contributed by atoms with Crippen LogP contribution in [0.1, 0.15) is 29.6 Å². The normalized spacial score (nSPS) is 15.7. The van der Waals surface area contributed by atoms with E-state index in [0.717, 1.165) is 19.6 Å². The summed E-state index contributed by atoms with van der Waals surface area (Å²) in [4.78, 5) is 15.9. The van der Waals surface area contributed by atoms with E-state index in [-0.39, 0.29) is 5.91 Å². The molecule has 1 amide bonds. The van der Waals surface area contributed by atoms with Crippen molar-refractivity contribution in [3.63, 3.8) is 0 Å². The van der Waals surface area contributed by atoms with Crippen LogP contribution in [-0.4, -0.2) is 56.0 Å². The Bertz CT molecular complexity index is 482. The molecule has 0 bridgehead atoms. The fourth-order valence-corrected chi connectivity index (χ4v) is 2.52. The average molecular weight is 291 g/mol. The van der Waals surface area contributed by atoms with Gasteiger partial charge in [-0.05, 0) is 44.1 Å². The van der Waals surface area contributed by atoms with Crippen LogP contribution in [0.15, 0.2) is 18.2 Å². The largest absolute Gasteiger partial charge is 0.490 e. The second-order valence-corrected chi connectivity index (χ2v) is 5.70. The van der Waals surface area contributed by atoms with Crippen molar-refractivity contribution in [2.75, 3.05) is 46.1 Å². The highest BCUT2D eigenvalue weighted by atomic mass is 16.5. The molecule has 0 unspecified atom stereocenters. The van der Waals surface area contributed by atoms with Gasteiger partial charge in [0.05, 0.1) is 5.69 Å². The quantitative estimate of drug-likeness (QED) is 0.841. The molecule has 2 rings (SSSR count). The van der Waals surface area contributed by atoms with Gasteiger partial charge in [0.2, 0.25) is 0 Å². The Balaban J connectivity index is 1.92. The Labute approximate surface area is 126 Å². The zero-order valence-corrected chi connectivity index (χ0v) is 13.0. The van der Waals surface area contributed by atoms with Crippen LogP contribution >= 0.6 is 0 Å². The molecule has 0 aromatic heterocycles. The van der Waals surface area contributed by atoms with Crippen LogP contribution in [0.25, 0.3) is 0 Å². The van der Waals surface area contributed by atoms with E-state index in [1.54, 1.807) is 37.2 Å². The molecule has 0 spiro atoms. The van der Waals surface area contributed by atoms with Crippen LogP contribution in [-0.2, 0) is 0 Å². The average Bonchev–Trinajstić information content (AvgIpc) is 2.49. The number of carbonyl (C=O) groups is 1. The molecule has 2 N–H and O–H groups in total. The van der Waals surface area contributed by atoms with E-state index in [0.29, 0.717) is 23.6 Å². The lowest BCUT2D eigenvalue weighted by Crippen LogP contribution is -2.33. The number of anilines is 1. The Hall–Kier alpha value is -1.75. The van der Waals surface area contributed by atoms with Crippen LogP contribution in [0.5, 0.6) is 5.75 Å². The minimum Gasteiger partial charge on any atom is -0.490 e. The fraction of sp³-hybridized carbons (Fsp3) is 0.562. The van der Waals surface area contributed by atoms with Crippen molar-refractivity contribution in [1.82, 2.24) is 9.80 Å². The van der Waals surface area contributed by atoms with Gasteiger partial charge in [-0.15, -0.1) is 0 Å². The van der Waals surface area contributed by atoms with E-state index in [1.807, 2.05) is 0 Å². The molecule has 1 aliphatic rings. The third-order valence-electron chi connectivity index (χ3n) is 3.78. The first kappa shape index (κ1) is 15.6. The molecule has 5 heteroatoms. The topological polar surface area (TPSA) is 58.8 Å². The molecule has 1 heterocycles. The Morgan fingerprint density at radius 1 is 1.29 bits per heavy atom. The van der Waals surface area contributed by atoms with Gasteiger partial charge in [-0.1, -0.05) is 6.42 Å². The van der Waals surface area contributed by atoms with Crippen molar-refractivity contribution >= 4 is 11.6 Å². The minimum atomic E-state index is -0.0455. The summed E-state index contributed by atoms with van der Waals surface area (Å²) in [5, 5.41) is 0. The number of nitrogen functional groups attached to an aromatic ring is 1. The molecule has 1 aliphatic heterocycles. The first-order chi connectivity index (χ1) is 10.1. The van der Waals surface area contributed by atoms with E-state index < -0.39 is 0 Å². The van der Waals surface area contributed by atoms with Gasteiger partial charge >= 0.3 is 0 Å². The molecule has 0 aliphatic carbocycles. The van der Waals surface area contributed by atoms with Crippen molar-refractivity contribution in [3.05, 3.63) is 23.8 Å². The maximum Gasteiger partial charge on any atom is 0.253 e. The highest BCUT2D eigenvalue weighted by Crippen LogP contribution is 2.23. The zero-order valence-electron chi connectivity index (χ0n) is 13.0. The molecule has 1 saturated heterocycles. The fourth-order valence-electron chi connectivity index (χ4n) is 2.52. The molecular formula is C16H25N3O2. The van der Waals surface area contributed by atoms with E-state index in [1.165, 1.54) is 19.3 Å². The number of likely N-dealkylation sites (tertiary alicyclic amines) is 1. The molecule has 1 fully saturated rings. The number of amides is 1. The van der Waals surface area contributed by atoms with Gasteiger partial charge in [0, 0.05) is 26.2 Å². The van der Waals surface area contributed by atoms with Crippen LogP contribution in [0.2, 0.25) is 0 Å². The molecule has 0 atom stereocenters. The van der Waals surface area contributed by atoms with E-state index in [4.69, 9.17) is 10.5 Å². The second-order valence-electron chi connectivity index (χ2n) is 5.70. The number of hydrogen-bond acceptors (Lipinski definition) is 4. The predicted molar refractivity (Wildman–Crippen MR) is 84.7 cm³/mol. The number of benzene rings is 1. The molecule has 5 nitrogen and oxygen atoms in total. The summed E-state index contributed by atoms with van der Waals surface area (Å²) in [6, 6.07) is 5.19. The smallest absolute Gasteiger partial charge is 0.253 e. The first-order valence-electron chi connectivity index (χ1n) is 7.54. The summed E-state index contributed by atoms with van der Waals surface area (Å²) in [5.41, 5.74) is 7.09. The van der Waals surface area contributed by atoms with Crippen molar-refractivity contribution in [3.8, 4) is 5.75 Å². The predicted octanol–water partition coefficient (Wildman–Crippen LogP) is 1.84. The summed E-state index contributed by atoms with van der Waals surface area (Å²) in [6.07, 6.45) is 3.88. The van der Waals surface area contributed by atoms with Crippen molar-refractivity contribution in [1.29, 1.82) is 0 Å². The van der Waals surface area contributed by atoms with Crippen LogP contribution in [0.4, 0.5) is 5.69 Å². The minimum absolute atomic E-state index is 0.0455. The van der Waals surface area contributed by atoms with Crippen LogP contribution in [0, 0.1) is 0 Å². The van der Waals surface area contributed by atoms with Gasteiger partial charge in [-0.25, -0.2) is 0 Å². The van der Waals surface area contributed by atoms with Gasteiger partial charge in [0.1, 0.15) is 12.4 Å². The number of rotatable bonds is 5. The Kier molecular flexibility index (Phi) is 5.44. The maximum atomic E-state index is 12.0. The highest BCUT2D eigenvalue weighted by Gasteiger charge is 2.12. The molecule has 1 aromatic rings. The maximum absolute atomic E-state index is 12.0. The molecule has 21 heavy (non-hydrogen) atoms. The summed E-state index contributed by atoms with van der Waals surface area (Å²) in [7, 11) is 3.46. The van der Waals surface area contributed by atoms with E-state index in [2.05, 4.69) is 4.90 Å². The summed E-state index contributed by atoms with van der Waals surface area (Å²) >= 11 is 0. The number of hydrogen-bond donors (Lipinski definition) is 1. The zero-order chi connectivity index (χ0) is 15.2. The van der Waals surface area contributed by atoms with Gasteiger partial charge in [0.25, 0.3) is 5.91 Å². The number of nitrogens with zero attached hydrogens (tertiary/aromatic N) is 2. The van der Waals surface area contributed by atoms with Crippen LogP contribution in [0.3, 0.4) is 0 Å². The van der Waals surface area contributed by atoms with Crippen molar-refractivity contribution < 1.29 is 9.53 Å². The Morgan fingerprint density at radius 2 is 2.00 bits per heavy atom. The van der Waals surface area contributed by atoms with E-state index >= 15 is 0 Å². The summed E-state index contributed by atoms with van der Waals surface area (Å²) in [6.45, 7) is 3.81. The SMILES string of the molecule is CN(C)C(=O)c1ccc(N)c(OCCN2CCCCC2)c1. The lowest BCUT2D eigenvalue weighted by Gasteiger charge is -2.26. The summed E-state index contributed by atoms with van der Waals surface area (Å²) in [5.74, 6) is 0.551. The summed E-state index contributed by atoms with van der Waals surface area (Å²) < 4.78 is 5.77. The highest BCUT2D eigenvalue weighted by molar-refractivity contribution is 5.94. The third-order valence-corrected chi connectivity index (χ3v) is 3.78. The van der Waals surface area contributed by atoms with Gasteiger partial charge in [0.15, 0.2) is 0 Å². The molecular weight excluding hydrogens is 266 g/mol. The number of ether oxygens (including phenoxy) is 1. The van der Waals surface area contributed by atoms with Crippen molar-refractivity contribution in [2.24, 2.45) is 0 Å². The molecule has 1 aromatic carbocycles. The van der Waals surface area contributed by atoms with Gasteiger partial charge in [-0.3, -0.25) is 9.69 Å². The molecule has 116 valence electrons.